The van der Waals surface area contributed by atoms with E-state index in [1.807, 2.05) is 6.08 Å². The van der Waals surface area contributed by atoms with Crippen LogP contribution in [-0.4, -0.2) is 87.5 Å². The molecule has 1 aliphatic heterocycles. The first-order valence-electron chi connectivity index (χ1n) is 29.0. The lowest BCUT2D eigenvalue weighted by atomic mass is 9.99. The average Bonchev–Trinajstić information content (AvgIpc) is 3.35. The molecule has 1 rings (SSSR count). The molecule has 1 aliphatic rings. The van der Waals surface area contributed by atoms with Gasteiger partial charge in [-0.05, 0) is 64.2 Å². The number of allylic oxidation sites excluding steroid dienone is 9. The molecule has 9 nitrogen and oxygen atoms in total. The highest BCUT2D eigenvalue weighted by Gasteiger charge is 2.44. The summed E-state index contributed by atoms with van der Waals surface area (Å²) < 4.78 is 11.2. The van der Waals surface area contributed by atoms with E-state index in [-0.39, 0.29) is 12.5 Å². The highest BCUT2D eigenvalue weighted by Crippen LogP contribution is 2.23. The minimum absolute atomic E-state index is 0.204. The molecule has 1 amide bonds. The van der Waals surface area contributed by atoms with Crippen molar-refractivity contribution < 1.29 is 39.8 Å². The summed E-state index contributed by atoms with van der Waals surface area (Å²) in [6.45, 7) is 3.65. The molecule has 0 aromatic heterocycles. The molecular formula is C60H109NO8. The molecule has 0 aromatic carbocycles. The van der Waals surface area contributed by atoms with Gasteiger partial charge >= 0.3 is 0 Å². The molecule has 0 bridgehead atoms. The topological polar surface area (TPSA) is 149 Å². The van der Waals surface area contributed by atoms with Gasteiger partial charge in [-0.1, -0.05) is 248 Å². The first kappa shape index (κ1) is 64.9. The minimum atomic E-state index is -1.58. The number of amides is 1. The second-order valence-corrected chi connectivity index (χ2v) is 20.0. The zero-order chi connectivity index (χ0) is 50.1. The summed E-state index contributed by atoms with van der Waals surface area (Å²) in [6, 6.07) is -0.834. The normalized spacial score (nSPS) is 19.9. The van der Waals surface area contributed by atoms with Gasteiger partial charge in [-0.25, -0.2) is 0 Å². The number of aliphatic hydroxyl groups excluding tert-OH is 5. The van der Waals surface area contributed by atoms with Gasteiger partial charge in [-0.3, -0.25) is 4.79 Å². The molecule has 7 atom stereocenters. The molecule has 0 radical (unpaired) electrons. The third kappa shape index (κ3) is 39.1. The first-order valence-corrected chi connectivity index (χ1v) is 29.0. The molecule has 0 aromatic rings. The van der Waals surface area contributed by atoms with E-state index < -0.39 is 49.5 Å². The Balaban J connectivity index is 2.20. The molecule has 0 spiro atoms. The van der Waals surface area contributed by atoms with Gasteiger partial charge in [0, 0.05) is 6.42 Å². The maximum absolute atomic E-state index is 13.0. The van der Waals surface area contributed by atoms with Crippen LogP contribution in [0.4, 0.5) is 0 Å². The molecule has 9 heteroatoms. The number of hydrogen-bond acceptors (Lipinski definition) is 8. The highest BCUT2D eigenvalue weighted by molar-refractivity contribution is 5.76. The van der Waals surface area contributed by atoms with Crippen molar-refractivity contribution in [2.45, 2.75) is 301 Å². The van der Waals surface area contributed by atoms with Crippen LogP contribution in [0.3, 0.4) is 0 Å². The van der Waals surface area contributed by atoms with E-state index in [9.17, 15) is 30.3 Å². The van der Waals surface area contributed by atoms with Gasteiger partial charge in [0.1, 0.15) is 24.4 Å². The van der Waals surface area contributed by atoms with Crippen molar-refractivity contribution in [2.24, 2.45) is 0 Å². The summed E-state index contributed by atoms with van der Waals surface area (Å²) >= 11 is 0. The predicted molar refractivity (Wildman–Crippen MR) is 290 cm³/mol. The molecule has 402 valence electrons. The Morgan fingerprint density at radius 2 is 0.913 bits per heavy atom. The monoisotopic (exact) mass is 972 g/mol. The fourth-order valence-electron chi connectivity index (χ4n) is 9.01. The Kier molecular flexibility index (Phi) is 46.5. The zero-order valence-corrected chi connectivity index (χ0v) is 44.6. The van der Waals surface area contributed by atoms with Crippen molar-refractivity contribution in [2.75, 3.05) is 13.2 Å². The second kappa shape index (κ2) is 49.5. The number of hydrogen-bond donors (Lipinski definition) is 6. The van der Waals surface area contributed by atoms with Crippen LogP contribution >= 0.6 is 0 Å². The molecule has 69 heavy (non-hydrogen) atoms. The maximum Gasteiger partial charge on any atom is 0.220 e. The van der Waals surface area contributed by atoms with Crippen molar-refractivity contribution in [1.29, 1.82) is 0 Å². The molecule has 6 N–H and O–H groups in total. The quantitative estimate of drug-likeness (QED) is 0.0261. The summed E-state index contributed by atoms with van der Waals surface area (Å²) in [5.41, 5.74) is 0. The van der Waals surface area contributed by atoms with Gasteiger partial charge in [-0.2, -0.15) is 0 Å². The van der Waals surface area contributed by atoms with Crippen LogP contribution in [-0.2, 0) is 14.3 Å². The minimum Gasteiger partial charge on any atom is -0.394 e. The van der Waals surface area contributed by atoms with Gasteiger partial charge in [0.05, 0.1) is 25.4 Å². The Morgan fingerprint density at radius 3 is 1.39 bits per heavy atom. The van der Waals surface area contributed by atoms with Crippen LogP contribution in [0, 0.1) is 0 Å². The van der Waals surface area contributed by atoms with Crippen molar-refractivity contribution in [3.8, 4) is 0 Å². The van der Waals surface area contributed by atoms with E-state index >= 15 is 0 Å². The lowest BCUT2D eigenvalue weighted by molar-refractivity contribution is -0.302. The van der Waals surface area contributed by atoms with Crippen LogP contribution in [0.2, 0.25) is 0 Å². The average molecular weight is 973 g/mol. The molecule has 1 fully saturated rings. The summed E-state index contributed by atoms with van der Waals surface area (Å²) in [6.07, 6.45) is 60.2. The third-order valence-electron chi connectivity index (χ3n) is 13.6. The van der Waals surface area contributed by atoms with Gasteiger partial charge < -0.3 is 40.3 Å². The lowest BCUT2D eigenvalue weighted by Gasteiger charge is -2.40. The SMILES string of the molecule is CC/C=C\C/C=C\C/C=C\CCCCCCCC(=O)NC(COC1OC(CO)C(O)C(O)C1O)C(O)/C=C/CC/C=C/CCCCCCCCCCCCCCCCCCCCCCCCCCC. The van der Waals surface area contributed by atoms with Gasteiger partial charge in [0.15, 0.2) is 6.29 Å². The van der Waals surface area contributed by atoms with E-state index in [1.54, 1.807) is 6.08 Å². The molecule has 0 saturated carbocycles. The van der Waals surface area contributed by atoms with Gasteiger partial charge in [0.25, 0.3) is 0 Å². The largest absolute Gasteiger partial charge is 0.394 e. The fraction of sp³-hybridized carbons (Fsp3) is 0.817. The van der Waals surface area contributed by atoms with Crippen LogP contribution in [0.5, 0.6) is 0 Å². The number of rotatable bonds is 49. The fourth-order valence-corrected chi connectivity index (χ4v) is 9.01. The zero-order valence-electron chi connectivity index (χ0n) is 44.6. The molecular weight excluding hydrogens is 863 g/mol. The standard InChI is InChI=1S/C60H109NO8/c1-3-5-7-9-11-13-15-17-19-20-21-22-23-24-25-26-27-28-29-30-31-32-33-34-36-37-39-41-43-45-47-49-54(63)53(52-68-60-59(67)58(66)57(65)55(51-62)69-60)61-56(64)50-48-46-44-42-40-38-35-18-16-14-12-10-8-6-4-2/h6,8,12,14,18,35,39,41,47,49,53-55,57-60,62-63,65-67H,3-5,7,9-11,13,15-17,19-34,36-38,40,42-46,48,50-52H2,1-2H3,(H,61,64)/b8-6-,14-12-,35-18-,41-39+,49-47+. The summed E-state index contributed by atoms with van der Waals surface area (Å²) in [5.74, 6) is -0.204. The van der Waals surface area contributed by atoms with E-state index in [4.69, 9.17) is 9.47 Å². The van der Waals surface area contributed by atoms with Crippen LogP contribution < -0.4 is 5.32 Å². The predicted octanol–water partition coefficient (Wildman–Crippen LogP) is 14.3. The lowest BCUT2D eigenvalue weighted by Crippen LogP contribution is -2.60. The number of carbonyl (C=O) groups excluding carboxylic acids is 1. The van der Waals surface area contributed by atoms with Crippen molar-refractivity contribution in [1.82, 2.24) is 5.32 Å². The summed E-state index contributed by atoms with van der Waals surface area (Å²) in [7, 11) is 0. The van der Waals surface area contributed by atoms with Gasteiger partial charge in [-0.15, -0.1) is 0 Å². The Labute approximate surface area is 424 Å². The third-order valence-corrected chi connectivity index (χ3v) is 13.6. The Hall–Kier alpha value is -2.11. The molecule has 1 saturated heterocycles. The van der Waals surface area contributed by atoms with Crippen LogP contribution in [0.15, 0.2) is 60.8 Å². The van der Waals surface area contributed by atoms with E-state index in [1.165, 1.54) is 161 Å². The van der Waals surface area contributed by atoms with Crippen molar-refractivity contribution >= 4 is 5.91 Å². The van der Waals surface area contributed by atoms with E-state index in [0.717, 1.165) is 77.0 Å². The first-order chi connectivity index (χ1) is 33.8. The Morgan fingerprint density at radius 1 is 0.507 bits per heavy atom. The highest BCUT2D eigenvalue weighted by atomic mass is 16.7. The number of nitrogens with one attached hydrogen (secondary N) is 1. The molecule has 1 heterocycles. The Bertz CT molecular complexity index is 1270. The van der Waals surface area contributed by atoms with Crippen molar-refractivity contribution in [3.63, 3.8) is 0 Å². The molecule has 7 unspecified atom stereocenters. The van der Waals surface area contributed by atoms with E-state index in [2.05, 4.69) is 67.8 Å². The number of ether oxygens (including phenoxy) is 2. The maximum atomic E-state index is 13.0. The number of aliphatic hydroxyl groups is 5. The van der Waals surface area contributed by atoms with E-state index in [0.29, 0.717) is 6.42 Å². The van der Waals surface area contributed by atoms with Crippen LogP contribution in [0.1, 0.15) is 258 Å². The molecule has 0 aliphatic carbocycles. The van der Waals surface area contributed by atoms with Gasteiger partial charge in [0.2, 0.25) is 5.91 Å². The summed E-state index contributed by atoms with van der Waals surface area (Å²) in [5, 5.41) is 54.4. The summed E-state index contributed by atoms with van der Waals surface area (Å²) in [4.78, 5) is 13.0. The number of unbranched alkanes of at least 4 members (excludes halogenated alkanes) is 31. The second-order valence-electron chi connectivity index (χ2n) is 20.0. The van der Waals surface area contributed by atoms with Crippen LogP contribution in [0.25, 0.3) is 0 Å². The van der Waals surface area contributed by atoms with Crippen molar-refractivity contribution in [3.05, 3.63) is 60.8 Å². The number of carbonyl (C=O) groups is 1. The smallest absolute Gasteiger partial charge is 0.220 e.